The van der Waals surface area contributed by atoms with Gasteiger partial charge in [0, 0.05) is 42.0 Å². The summed E-state index contributed by atoms with van der Waals surface area (Å²) < 4.78 is 7.12. The van der Waals surface area contributed by atoms with Crippen LogP contribution in [0, 0.1) is 0 Å². The third kappa shape index (κ3) is 8.35. The number of carbonyl (C=O) groups excluding carboxylic acids is 3. The molecule has 1 heterocycles. The van der Waals surface area contributed by atoms with Gasteiger partial charge in [-0.15, -0.1) is 0 Å². The first kappa shape index (κ1) is 29.8. The van der Waals surface area contributed by atoms with Crippen LogP contribution in [0.4, 0.5) is 0 Å². The van der Waals surface area contributed by atoms with E-state index in [2.05, 4.69) is 10.6 Å². The summed E-state index contributed by atoms with van der Waals surface area (Å²) in [6.45, 7) is 7.10. The van der Waals surface area contributed by atoms with Crippen LogP contribution in [-0.4, -0.2) is 57.4 Å². The number of hydrogen-bond donors (Lipinski definition) is 0. The van der Waals surface area contributed by atoms with Gasteiger partial charge in [-0.3, -0.25) is 14.4 Å². The zero-order valence-corrected chi connectivity index (χ0v) is 23.8. The van der Waals surface area contributed by atoms with Gasteiger partial charge >= 0.3 is 5.97 Å². The largest absolute Gasteiger partial charge is 0.466 e. The molecule has 1 aliphatic rings. The van der Waals surface area contributed by atoms with E-state index in [1.165, 1.54) is 6.42 Å². The van der Waals surface area contributed by atoms with E-state index in [9.17, 15) is 14.4 Å². The van der Waals surface area contributed by atoms with Crippen molar-refractivity contribution in [3.8, 4) is 0 Å². The molecule has 1 aromatic heterocycles. The highest BCUT2D eigenvalue weighted by molar-refractivity contribution is 6.31. The van der Waals surface area contributed by atoms with Crippen molar-refractivity contribution in [2.24, 2.45) is 0 Å². The van der Waals surface area contributed by atoms with E-state index in [0.29, 0.717) is 13.1 Å². The van der Waals surface area contributed by atoms with Crippen LogP contribution in [0.3, 0.4) is 0 Å². The lowest BCUT2D eigenvalue weighted by atomic mass is 9.94. The molecular weight excluding hydrogens is 502 g/mol. The first-order valence-corrected chi connectivity index (χ1v) is 14.3. The van der Waals surface area contributed by atoms with E-state index in [1.807, 2.05) is 55.3 Å². The summed E-state index contributed by atoms with van der Waals surface area (Å²) >= 11 is 6.42. The van der Waals surface area contributed by atoms with Crippen LogP contribution in [0.1, 0.15) is 83.4 Å². The highest BCUT2D eigenvalue weighted by atomic mass is 35.5. The molecule has 0 radical (unpaired) electrons. The number of esters is 1. The monoisotopic (exact) mass is 543 g/mol. The van der Waals surface area contributed by atoms with E-state index in [4.69, 9.17) is 16.3 Å². The van der Waals surface area contributed by atoms with Gasteiger partial charge in [-0.05, 0) is 56.9 Å². The van der Waals surface area contributed by atoms with Gasteiger partial charge in [-0.2, -0.15) is 0 Å². The van der Waals surface area contributed by atoms with E-state index in [-0.39, 0.29) is 55.9 Å². The number of aromatic nitrogens is 1. The minimum absolute atomic E-state index is 0.0123. The first-order valence-electron chi connectivity index (χ1n) is 14.0. The van der Waals surface area contributed by atoms with Crippen molar-refractivity contribution < 1.29 is 19.1 Å². The molecule has 0 aliphatic heterocycles. The molecule has 0 bridgehead atoms. The molecule has 7 nitrogen and oxygen atoms in total. The number of nitrogens with zero attached hydrogens (tertiary/aromatic N) is 3. The lowest BCUT2D eigenvalue weighted by molar-refractivity contribution is -0.148. The van der Waals surface area contributed by atoms with Crippen LogP contribution < -0.4 is 0 Å². The molecular formula is C30H42ClN3O4. The maximum Gasteiger partial charge on any atom is 0.306 e. The third-order valence-corrected chi connectivity index (χ3v) is 7.86. The maximum atomic E-state index is 13.9. The number of benzene rings is 1. The summed E-state index contributed by atoms with van der Waals surface area (Å²) in [5.74, 6) is -0.627. The third-order valence-electron chi connectivity index (χ3n) is 7.49. The summed E-state index contributed by atoms with van der Waals surface area (Å²) in [6, 6.07) is 11.9. The fourth-order valence-corrected chi connectivity index (χ4v) is 5.27. The molecule has 1 saturated carbocycles. The zero-order chi connectivity index (χ0) is 27.5. The predicted octanol–water partition coefficient (Wildman–Crippen LogP) is 5.82. The minimum atomic E-state index is -0.389. The molecule has 1 fully saturated rings. The highest BCUT2D eigenvalue weighted by Crippen LogP contribution is 2.26. The molecule has 2 amide bonds. The first-order chi connectivity index (χ1) is 18.3. The van der Waals surface area contributed by atoms with Crippen LogP contribution in [0.2, 0.25) is 5.02 Å². The van der Waals surface area contributed by atoms with Gasteiger partial charge in [-0.1, -0.05) is 56.0 Å². The lowest BCUT2D eigenvalue weighted by Crippen LogP contribution is -2.49. The fourth-order valence-electron chi connectivity index (χ4n) is 5.08. The SMILES string of the molecule is CCOC(=O)CCC(=O)N(CC(=O)N(Cc1cccn1Cc1ccccc1Cl)C1CCCCC1)C(C)CC. The Labute approximate surface area is 232 Å². The zero-order valence-electron chi connectivity index (χ0n) is 23.0. The number of hydrogen-bond acceptors (Lipinski definition) is 4. The molecule has 38 heavy (non-hydrogen) atoms. The van der Waals surface area contributed by atoms with Crippen molar-refractivity contribution in [2.75, 3.05) is 13.2 Å². The second-order valence-electron chi connectivity index (χ2n) is 10.1. The van der Waals surface area contributed by atoms with E-state index < -0.39 is 0 Å². The van der Waals surface area contributed by atoms with Crippen LogP contribution >= 0.6 is 11.6 Å². The quantitative estimate of drug-likeness (QED) is 0.298. The van der Waals surface area contributed by atoms with Crippen LogP contribution in [-0.2, 0) is 32.2 Å². The van der Waals surface area contributed by atoms with Crippen molar-refractivity contribution in [1.29, 1.82) is 0 Å². The Kier molecular flexibility index (Phi) is 11.7. The average molecular weight is 544 g/mol. The van der Waals surface area contributed by atoms with Crippen LogP contribution in [0.5, 0.6) is 0 Å². The molecule has 8 heteroatoms. The molecule has 0 saturated heterocycles. The number of halogens is 1. The molecule has 1 aliphatic carbocycles. The summed E-state index contributed by atoms with van der Waals surface area (Å²) in [5.41, 5.74) is 2.06. The molecule has 1 atom stereocenters. The fraction of sp³-hybridized carbons (Fsp3) is 0.567. The highest BCUT2D eigenvalue weighted by Gasteiger charge is 2.30. The van der Waals surface area contributed by atoms with Gasteiger partial charge in [0.25, 0.3) is 0 Å². The standard InChI is InChI=1S/C30H42ClN3O4/c1-4-23(3)33(28(35)17-18-30(37)38-5-2)22-29(36)34(25-13-7-6-8-14-25)21-26-15-11-19-32(26)20-24-12-9-10-16-27(24)31/h9-12,15-16,19,23,25H,4-8,13-14,17-18,20-22H2,1-3H3. The number of carbonyl (C=O) groups is 3. The number of ether oxygens (including phenoxy) is 1. The van der Waals surface area contributed by atoms with E-state index in [0.717, 1.165) is 48.4 Å². The Morgan fingerprint density at radius 1 is 1.03 bits per heavy atom. The van der Waals surface area contributed by atoms with Crippen molar-refractivity contribution in [1.82, 2.24) is 14.4 Å². The molecule has 2 aromatic rings. The Hall–Kier alpha value is -2.80. The predicted molar refractivity (Wildman–Crippen MR) is 150 cm³/mol. The summed E-state index contributed by atoms with van der Waals surface area (Å²) in [5, 5.41) is 0.720. The van der Waals surface area contributed by atoms with Crippen LogP contribution in [0.15, 0.2) is 42.6 Å². The number of rotatable bonds is 13. The van der Waals surface area contributed by atoms with E-state index in [1.54, 1.807) is 11.8 Å². The Morgan fingerprint density at radius 2 is 1.76 bits per heavy atom. The average Bonchev–Trinajstić information content (AvgIpc) is 3.36. The summed E-state index contributed by atoms with van der Waals surface area (Å²) in [6.07, 6.45) is 8.14. The topological polar surface area (TPSA) is 71.8 Å². The molecule has 0 N–H and O–H groups in total. The summed E-state index contributed by atoms with van der Waals surface area (Å²) in [4.78, 5) is 42.4. The van der Waals surface area contributed by atoms with Crippen molar-refractivity contribution in [3.05, 3.63) is 58.9 Å². The van der Waals surface area contributed by atoms with Crippen molar-refractivity contribution in [3.63, 3.8) is 0 Å². The van der Waals surface area contributed by atoms with Gasteiger partial charge in [0.15, 0.2) is 0 Å². The summed E-state index contributed by atoms with van der Waals surface area (Å²) in [7, 11) is 0. The molecule has 0 spiro atoms. The molecule has 3 rings (SSSR count). The van der Waals surface area contributed by atoms with Gasteiger partial charge in [0.05, 0.1) is 19.6 Å². The second kappa shape index (κ2) is 15.0. The smallest absolute Gasteiger partial charge is 0.306 e. The molecule has 208 valence electrons. The minimum Gasteiger partial charge on any atom is -0.466 e. The van der Waals surface area contributed by atoms with Crippen LogP contribution in [0.25, 0.3) is 0 Å². The Bertz CT molecular complexity index is 1060. The van der Waals surface area contributed by atoms with Gasteiger partial charge in [0.1, 0.15) is 6.54 Å². The van der Waals surface area contributed by atoms with Crippen molar-refractivity contribution >= 4 is 29.4 Å². The molecule has 1 unspecified atom stereocenters. The Balaban J connectivity index is 1.78. The Morgan fingerprint density at radius 3 is 2.45 bits per heavy atom. The maximum absolute atomic E-state index is 13.9. The van der Waals surface area contributed by atoms with E-state index >= 15 is 0 Å². The lowest BCUT2D eigenvalue weighted by Gasteiger charge is -2.37. The molecule has 1 aromatic carbocycles. The van der Waals surface area contributed by atoms with Gasteiger partial charge in [-0.25, -0.2) is 0 Å². The van der Waals surface area contributed by atoms with Gasteiger partial charge < -0.3 is 19.1 Å². The van der Waals surface area contributed by atoms with Gasteiger partial charge in [0.2, 0.25) is 11.8 Å². The second-order valence-corrected chi connectivity index (χ2v) is 10.5. The van der Waals surface area contributed by atoms with Crippen molar-refractivity contribution in [2.45, 2.75) is 97.3 Å². The number of amides is 2. The normalized spacial score (nSPS) is 14.6.